The molecule has 3 heterocycles. The van der Waals surface area contributed by atoms with Crippen LogP contribution in [0.5, 0.6) is 0 Å². The fourth-order valence-corrected chi connectivity index (χ4v) is 7.71. The molecule has 11 heteroatoms. The van der Waals surface area contributed by atoms with Crippen LogP contribution in [0.4, 0.5) is 10.2 Å². The Kier molecular flexibility index (Phi) is 5.46. The van der Waals surface area contributed by atoms with E-state index in [1.54, 1.807) is 20.8 Å². The molecular formula is C22H22ClFN6O2S. The summed E-state index contributed by atoms with van der Waals surface area (Å²) >= 11 is 6.12. The maximum atomic E-state index is 15.0. The molecule has 0 spiro atoms. The number of halogens is 2. The number of amides is 1. The molecule has 0 aliphatic carbocycles. The summed E-state index contributed by atoms with van der Waals surface area (Å²) in [5.41, 5.74) is 5.26. The maximum absolute atomic E-state index is 15.0. The van der Waals surface area contributed by atoms with Gasteiger partial charge >= 0.3 is 0 Å². The minimum Gasteiger partial charge on any atom is -0.386 e. The van der Waals surface area contributed by atoms with Crippen molar-refractivity contribution in [3.05, 3.63) is 58.0 Å². The summed E-state index contributed by atoms with van der Waals surface area (Å²) < 4.78 is 32.4. The molecule has 1 unspecified atom stereocenters. The average molecular weight is 489 g/mol. The molecule has 0 saturated heterocycles. The molecule has 2 aromatic rings. The van der Waals surface area contributed by atoms with Crippen LogP contribution in [-0.4, -0.2) is 37.5 Å². The number of nitrogens with one attached hydrogen (secondary N) is 1. The summed E-state index contributed by atoms with van der Waals surface area (Å²) in [4.78, 5) is 21.7. The fourth-order valence-electron chi connectivity index (χ4n) is 4.30. The second-order valence-corrected chi connectivity index (χ2v) is 12.0. The molecule has 3 atom stereocenters. The van der Waals surface area contributed by atoms with Gasteiger partial charge in [-0.2, -0.15) is 5.26 Å². The SMILES string of the molecule is CC1(C)C(N)=N[C@](C)(c2nc(NC(=O)c3ccc(C#N)cc3Cl)ccc2F)[C@@H]2CCN=S21=O. The largest absolute Gasteiger partial charge is 0.386 e. The standard InChI is InChI=1S/C22H22ClFN6O2S/c1-21(2)20(26)30-22(3,16-8-9-27-33(16,21)32)18-15(24)6-7-17(28-18)29-19(31)13-5-4-12(11-25)10-14(13)23/h4-7,10,16H,8-9H2,1-3H3,(H2,26,30)(H,28,29,31)/t16-,22-,33?/m0/s1. The lowest BCUT2D eigenvalue weighted by Gasteiger charge is -2.44. The molecule has 33 heavy (non-hydrogen) atoms. The number of fused-ring (bicyclic) bond motifs is 1. The molecule has 2 aliphatic rings. The van der Waals surface area contributed by atoms with E-state index >= 15 is 4.39 Å². The lowest BCUT2D eigenvalue weighted by molar-refractivity contribution is 0.102. The van der Waals surface area contributed by atoms with Crippen molar-refractivity contribution in [2.75, 3.05) is 11.9 Å². The molecule has 0 fully saturated rings. The summed E-state index contributed by atoms with van der Waals surface area (Å²) in [6.07, 6.45) is 0.452. The van der Waals surface area contributed by atoms with Crippen LogP contribution in [0.25, 0.3) is 0 Å². The van der Waals surface area contributed by atoms with Crippen LogP contribution in [-0.2, 0) is 15.3 Å². The fraction of sp³-hybridized carbons (Fsp3) is 0.364. The number of nitrogens with two attached hydrogens (primary N) is 1. The monoisotopic (exact) mass is 488 g/mol. The number of aromatic nitrogens is 1. The number of rotatable bonds is 3. The van der Waals surface area contributed by atoms with Crippen LogP contribution in [0, 0.1) is 17.1 Å². The van der Waals surface area contributed by atoms with Crippen molar-refractivity contribution >= 4 is 38.9 Å². The zero-order chi connectivity index (χ0) is 24.2. The lowest BCUT2D eigenvalue weighted by Crippen LogP contribution is -2.58. The van der Waals surface area contributed by atoms with Gasteiger partial charge in [0, 0.05) is 6.54 Å². The van der Waals surface area contributed by atoms with Crippen molar-refractivity contribution in [1.29, 1.82) is 5.26 Å². The Hall–Kier alpha value is -3.03. The summed E-state index contributed by atoms with van der Waals surface area (Å²) in [6.45, 7) is 5.48. The van der Waals surface area contributed by atoms with Crippen molar-refractivity contribution in [3.63, 3.8) is 0 Å². The summed E-state index contributed by atoms with van der Waals surface area (Å²) in [6, 6.07) is 8.69. The highest BCUT2D eigenvalue weighted by Crippen LogP contribution is 2.47. The summed E-state index contributed by atoms with van der Waals surface area (Å²) in [7, 11) is -2.86. The van der Waals surface area contributed by atoms with Crippen LogP contribution in [0.3, 0.4) is 0 Å². The van der Waals surface area contributed by atoms with E-state index in [-0.39, 0.29) is 27.9 Å². The number of hydrogen-bond donors (Lipinski definition) is 2. The van der Waals surface area contributed by atoms with E-state index in [2.05, 4.69) is 19.7 Å². The first kappa shape index (κ1) is 23.1. The number of benzene rings is 1. The number of nitrogens with zero attached hydrogens (tertiary/aromatic N) is 4. The molecule has 4 rings (SSSR count). The number of anilines is 1. The first-order valence-corrected chi connectivity index (χ1v) is 12.1. The predicted molar refractivity (Wildman–Crippen MR) is 125 cm³/mol. The Labute approximate surface area is 196 Å². The Morgan fingerprint density at radius 2 is 2.06 bits per heavy atom. The molecule has 2 aliphatic heterocycles. The Bertz CT molecular complexity index is 1380. The molecule has 1 aromatic heterocycles. The third kappa shape index (κ3) is 3.47. The third-order valence-electron chi connectivity index (χ3n) is 6.30. The highest BCUT2D eigenvalue weighted by atomic mass is 35.5. The molecule has 8 nitrogen and oxygen atoms in total. The van der Waals surface area contributed by atoms with Gasteiger partial charge in [0.15, 0.2) is 0 Å². The maximum Gasteiger partial charge on any atom is 0.258 e. The number of hydrogen-bond acceptors (Lipinski definition) is 7. The van der Waals surface area contributed by atoms with E-state index in [4.69, 9.17) is 22.6 Å². The van der Waals surface area contributed by atoms with E-state index in [1.165, 1.54) is 30.3 Å². The van der Waals surface area contributed by atoms with Crippen molar-refractivity contribution in [3.8, 4) is 6.07 Å². The quantitative estimate of drug-likeness (QED) is 0.680. The molecule has 0 saturated carbocycles. The average Bonchev–Trinajstić information content (AvgIpc) is 3.18. The van der Waals surface area contributed by atoms with Gasteiger partial charge in [0.1, 0.15) is 33.5 Å². The van der Waals surface area contributed by atoms with E-state index in [0.29, 0.717) is 18.5 Å². The summed E-state index contributed by atoms with van der Waals surface area (Å²) in [5, 5.41) is 11.1. The lowest BCUT2D eigenvalue weighted by atomic mass is 9.89. The highest BCUT2D eigenvalue weighted by Gasteiger charge is 2.57. The van der Waals surface area contributed by atoms with Crippen molar-refractivity contribution in [2.24, 2.45) is 15.1 Å². The topological polar surface area (TPSA) is 134 Å². The van der Waals surface area contributed by atoms with Crippen LogP contribution in [0.1, 0.15) is 48.8 Å². The van der Waals surface area contributed by atoms with E-state index in [0.717, 1.165) is 0 Å². The number of nitriles is 1. The van der Waals surface area contributed by atoms with Crippen LogP contribution < -0.4 is 11.1 Å². The van der Waals surface area contributed by atoms with Gasteiger partial charge in [0.05, 0.1) is 37.2 Å². The molecule has 0 radical (unpaired) electrons. The molecule has 172 valence electrons. The molecule has 3 N–H and O–H groups in total. The molecule has 1 aromatic carbocycles. The minimum absolute atomic E-state index is 0.0677. The van der Waals surface area contributed by atoms with E-state index in [9.17, 15) is 9.00 Å². The number of amidine groups is 1. The van der Waals surface area contributed by atoms with Crippen LogP contribution >= 0.6 is 11.6 Å². The van der Waals surface area contributed by atoms with Crippen molar-refractivity contribution < 1.29 is 13.4 Å². The van der Waals surface area contributed by atoms with Crippen LogP contribution in [0.2, 0.25) is 5.02 Å². The van der Waals surface area contributed by atoms with E-state index in [1.807, 2.05) is 6.07 Å². The van der Waals surface area contributed by atoms with Gasteiger partial charge in [0.2, 0.25) is 0 Å². The van der Waals surface area contributed by atoms with Gasteiger partial charge in [-0.1, -0.05) is 11.6 Å². The highest BCUT2D eigenvalue weighted by molar-refractivity contribution is 7.96. The number of carbonyl (C=O) groups excluding carboxylic acids is 1. The van der Waals surface area contributed by atoms with Crippen molar-refractivity contribution in [2.45, 2.75) is 42.7 Å². The third-order valence-corrected chi connectivity index (χ3v) is 10.3. The first-order valence-electron chi connectivity index (χ1n) is 10.2. The predicted octanol–water partition coefficient (Wildman–Crippen LogP) is 3.60. The Balaban J connectivity index is 1.75. The molecule has 0 bridgehead atoms. The number of pyridine rings is 1. The zero-order valence-corrected chi connectivity index (χ0v) is 19.8. The first-order chi connectivity index (χ1) is 15.4. The van der Waals surface area contributed by atoms with Gasteiger partial charge in [-0.15, -0.1) is 0 Å². The smallest absolute Gasteiger partial charge is 0.258 e. The van der Waals surface area contributed by atoms with Gasteiger partial charge < -0.3 is 11.1 Å². The Morgan fingerprint density at radius 3 is 2.73 bits per heavy atom. The minimum atomic E-state index is -2.86. The number of aliphatic imine (C=N–C) groups is 1. The molecule has 1 amide bonds. The van der Waals surface area contributed by atoms with Gasteiger partial charge in [-0.3, -0.25) is 9.79 Å². The second kappa shape index (κ2) is 7.78. The number of carbonyl (C=O) groups is 1. The zero-order valence-electron chi connectivity index (χ0n) is 18.2. The van der Waals surface area contributed by atoms with Crippen LogP contribution in [0.15, 0.2) is 39.7 Å². The van der Waals surface area contributed by atoms with E-state index < -0.39 is 37.0 Å². The Morgan fingerprint density at radius 1 is 1.33 bits per heavy atom. The molecular weight excluding hydrogens is 467 g/mol. The van der Waals surface area contributed by atoms with Crippen molar-refractivity contribution in [1.82, 2.24) is 4.98 Å². The van der Waals surface area contributed by atoms with Gasteiger partial charge in [-0.25, -0.2) is 17.9 Å². The van der Waals surface area contributed by atoms with Gasteiger partial charge in [-0.05, 0) is 57.5 Å². The summed E-state index contributed by atoms with van der Waals surface area (Å²) in [5.74, 6) is -1.04. The second-order valence-electron chi connectivity index (χ2n) is 8.64. The van der Waals surface area contributed by atoms with Gasteiger partial charge in [0.25, 0.3) is 5.91 Å². The normalized spacial score (nSPS) is 27.6.